The van der Waals surface area contributed by atoms with Crippen molar-refractivity contribution >= 4 is 60.0 Å². The number of hydrogen-bond acceptors (Lipinski definition) is 3. The van der Waals surface area contributed by atoms with E-state index >= 15 is 4.39 Å². The van der Waals surface area contributed by atoms with Crippen LogP contribution in [0.15, 0.2) is 37.9 Å². The first-order valence-electron chi connectivity index (χ1n) is 11.2. The van der Waals surface area contributed by atoms with Crippen LogP contribution in [0, 0.1) is 5.95 Å². The van der Waals surface area contributed by atoms with Crippen molar-refractivity contribution in [1.29, 1.82) is 0 Å². The van der Waals surface area contributed by atoms with Gasteiger partial charge in [0, 0.05) is 0 Å². The van der Waals surface area contributed by atoms with Crippen LogP contribution in [0.5, 0.6) is 0 Å². The Labute approximate surface area is 190 Å². The minimum atomic E-state index is -3.07. The van der Waals surface area contributed by atoms with E-state index in [0.29, 0.717) is 16.4 Å². The molecule has 0 aliphatic rings. The van der Waals surface area contributed by atoms with Crippen LogP contribution in [0.3, 0.4) is 0 Å². The molecule has 0 unspecified atom stereocenters. The molecule has 162 valence electrons. The average Bonchev–Trinajstić information content (AvgIpc) is 2.74. The summed E-state index contributed by atoms with van der Waals surface area (Å²) in [4.78, 5) is 17.5. The Morgan fingerprint density at radius 1 is 0.967 bits per heavy atom. The SMILES string of the molecule is CCC[CH2][Sn]([CH2]CCC)([CH2]CCC)[c]1cc2c(=O)c3cc(Br)ccc3oc2nc1F. The summed E-state index contributed by atoms with van der Waals surface area (Å²) >= 11 is 0.361. The van der Waals surface area contributed by atoms with E-state index in [0.717, 1.165) is 59.9 Å². The molecular formula is C24H31BrFNO2Sn. The Kier molecular flexibility index (Phi) is 8.36. The van der Waals surface area contributed by atoms with Crippen molar-refractivity contribution < 1.29 is 8.81 Å². The number of rotatable bonds is 10. The van der Waals surface area contributed by atoms with Crippen LogP contribution in [0.2, 0.25) is 13.3 Å². The summed E-state index contributed by atoms with van der Waals surface area (Å²) in [6.07, 6.45) is 6.71. The Bertz CT molecular complexity index is 1060. The number of hydrogen-bond donors (Lipinski definition) is 0. The molecule has 1 aromatic carbocycles. The van der Waals surface area contributed by atoms with Crippen molar-refractivity contribution in [2.45, 2.75) is 72.6 Å². The molecular weight excluding hydrogens is 552 g/mol. The molecule has 0 fully saturated rings. The first-order chi connectivity index (χ1) is 14.5. The third-order valence-corrected chi connectivity index (χ3v) is 22.2. The van der Waals surface area contributed by atoms with Crippen molar-refractivity contribution in [3.63, 3.8) is 0 Å². The Hall–Kier alpha value is -0.951. The molecule has 0 N–H and O–H groups in total. The van der Waals surface area contributed by atoms with E-state index in [1.807, 2.05) is 12.1 Å². The predicted octanol–water partition coefficient (Wildman–Crippen LogP) is 7.30. The molecule has 2 aromatic heterocycles. The summed E-state index contributed by atoms with van der Waals surface area (Å²) in [6, 6.07) is 7.14. The van der Waals surface area contributed by atoms with Gasteiger partial charge >= 0.3 is 191 Å². The third-order valence-electron chi connectivity index (χ3n) is 6.18. The maximum atomic E-state index is 15.5. The average molecular weight is 583 g/mol. The van der Waals surface area contributed by atoms with Gasteiger partial charge in [0.2, 0.25) is 0 Å². The fraction of sp³-hybridized carbons (Fsp3) is 0.500. The molecule has 0 amide bonds. The van der Waals surface area contributed by atoms with Crippen molar-refractivity contribution in [3.8, 4) is 0 Å². The topological polar surface area (TPSA) is 43.1 Å². The van der Waals surface area contributed by atoms with Crippen LogP contribution in [-0.2, 0) is 0 Å². The quantitative estimate of drug-likeness (QED) is 0.143. The second-order valence-corrected chi connectivity index (χ2v) is 22.4. The predicted molar refractivity (Wildman–Crippen MR) is 130 cm³/mol. The van der Waals surface area contributed by atoms with Crippen LogP contribution in [0.25, 0.3) is 22.1 Å². The van der Waals surface area contributed by atoms with Crippen molar-refractivity contribution in [2.24, 2.45) is 0 Å². The Morgan fingerprint density at radius 3 is 2.13 bits per heavy atom. The standard InChI is InChI=1S/C12H4BrFNO2.3C4H9.Sn/c13-6-1-3-9-8(5-6)11(16)7-2-4-10(14)15-12(7)17-9;3*1-3-4-2;/h1-3,5H;3*1,3-4H2,2H3;. The van der Waals surface area contributed by atoms with Crippen molar-refractivity contribution in [2.75, 3.05) is 0 Å². The molecule has 0 saturated carbocycles. The van der Waals surface area contributed by atoms with Crippen LogP contribution < -0.4 is 9.01 Å². The van der Waals surface area contributed by atoms with Gasteiger partial charge in [-0.15, -0.1) is 0 Å². The number of fused-ring (bicyclic) bond motifs is 2. The summed E-state index contributed by atoms with van der Waals surface area (Å²) in [7, 11) is 0. The molecule has 0 saturated heterocycles. The van der Waals surface area contributed by atoms with Gasteiger partial charge in [-0.25, -0.2) is 0 Å². The molecule has 0 atom stereocenters. The van der Waals surface area contributed by atoms with Gasteiger partial charge in [-0.3, -0.25) is 0 Å². The zero-order chi connectivity index (χ0) is 21.7. The normalized spacial score (nSPS) is 12.2. The fourth-order valence-electron chi connectivity index (χ4n) is 4.43. The summed E-state index contributed by atoms with van der Waals surface area (Å²) in [5, 5.41) is 0.926. The zero-order valence-corrected chi connectivity index (χ0v) is 22.6. The van der Waals surface area contributed by atoms with Gasteiger partial charge in [-0.05, 0) is 0 Å². The van der Waals surface area contributed by atoms with Gasteiger partial charge in [-0.2, -0.15) is 0 Å². The van der Waals surface area contributed by atoms with Crippen LogP contribution >= 0.6 is 15.9 Å². The van der Waals surface area contributed by atoms with Gasteiger partial charge in [0.1, 0.15) is 0 Å². The molecule has 0 aliphatic heterocycles. The fourth-order valence-corrected chi connectivity index (χ4v) is 20.8. The molecule has 0 aliphatic carbocycles. The van der Waals surface area contributed by atoms with Gasteiger partial charge in [0.25, 0.3) is 0 Å². The summed E-state index contributed by atoms with van der Waals surface area (Å²) in [5.74, 6) is -0.402. The second-order valence-electron chi connectivity index (χ2n) is 8.34. The van der Waals surface area contributed by atoms with Crippen LogP contribution in [0.4, 0.5) is 4.39 Å². The molecule has 3 nitrogen and oxygen atoms in total. The first kappa shape index (κ1) is 23.7. The number of pyridine rings is 1. The van der Waals surface area contributed by atoms with Crippen LogP contribution in [0.1, 0.15) is 59.3 Å². The van der Waals surface area contributed by atoms with Gasteiger partial charge in [-0.1, -0.05) is 0 Å². The second kappa shape index (κ2) is 10.6. The van der Waals surface area contributed by atoms with E-state index in [-0.39, 0.29) is 11.1 Å². The Balaban J connectivity index is 2.25. The van der Waals surface area contributed by atoms with E-state index in [4.69, 9.17) is 4.42 Å². The van der Waals surface area contributed by atoms with E-state index < -0.39 is 24.3 Å². The van der Waals surface area contributed by atoms with Gasteiger partial charge in [0.15, 0.2) is 0 Å². The molecule has 0 bridgehead atoms. The summed E-state index contributed by atoms with van der Waals surface area (Å²) < 4.78 is 26.3. The van der Waals surface area contributed by atoms with Crippen LogP contribution in [-0.4, -0.2) is 23.4 Å². The number of benzene rings is 1. The monoisotopic (exact) mass is 583 g/mol. The molecule has 2 heterocycles. The molecule has 0 radical (unpaired) electrons. The van der Waals surface area contributed by atoms with Gasteiger partial charge in [0.05, 0.1) is 0 Å². The number of nitrogens with zero attached hydrogens (tertiary/aromatic N) is 1. The molecule has 3 aromatic rings. The number of aromatic nitrogens is 1. The first-order valence-corrected chi connectivity index (χ1v) is 19.5. The Morgan fingerprint density at radius 2 is 1.57 bits per heavy atom. The summed E-state index contributed by atoms with van der Waals surface area (Å²) in [6.45, 7) is 6.59. The van der Waals surface area contributed by atoms with E-state index in [2.05, 4.69) is 41.7 Å². The maximum absolute atomic E-state index is 15.5. The number of unbranched alkanes of at least 4 members (excludes halogenated alkanes) is 3. The molecule has 30 heavy (non-hydrogen) atoms. The summed E-state index contributed by atoms with van der Waals surface area (Å²) in [5.41, 5.74) is 0.425. The zero-order valence-electron chi connectivity index (χ0n) is 18.2. The molecule has 3 rings (SSSR count). The van der Waals surface area contributed by atoms with E-state index in [9.17, 15) is 4.79 Å². The minimum absolute atomic E-state index is 0.109. The third kappa shape index (κ3) is 4.92. The van der Waals surface area contributed by atoms with Gasteiger partial charge < -0.3 is 0 Å². The molecule has 6 heteroatoms. The molecule has 0 spiro atoms. The van der Waals surface area contributed by atoms with E-state index in [1.165, 1.54) is 0 Å². The van der Waals surface area contributed by atoms with Crippen molar-refractivity contribution in [3.05, 3.63) is 44.9 Å². The number of halogens is 2. The van der Waals surface area contributed by atoms with E-state index in [1.54, 1.807) is 12.1 Å². The van der Waals surface area contributed by atoms with Crippen molar-refractivity contribution in [1.82, 2.24) is 4.98 Å².